The summed E-state index contributed by atoms with van der Waals surface area (Å²) in [6.45, 7) is 4.83. The Morgan fingerprint density at radius 3 is 2.59 bits per heavy atom. The molecule has 3 aromatic rings. The molecule has 170 valence electrons. The molecule has 1 N–H and O–H groups in total. The highest BCUT2D eigenvalue weighted by molar-refractivity contribution is 7.91. The molecule has 8 nitrogen and oxygen atoms in total. The van der Waals surface area contributed by atoms with Crippen LogP contribution < -0.4 is 10.1 Å². The van der Waals surface area contributed by atoms with Crippen molar-refractivity contribution in [2.75, 3.05) is 24.3 Å². The highest BCUT2D eigenvalue weighted by Crippen LogP contribution is 2.22. The molecule has 3 rings (SSSR count). The third-order valence-corrected chi connectivity index (χ3v) is 7.35. The highest BCUT2D eigenvalue weighted by atomic mass is 32.2. The summed E-state index contributed by atoms with van der Waals surface area (Å²) in [5.74, 6) is -0.997. The summed E-state index contributed by atoms with van der Waals surface area (Å²) < 4.78 is 33.1. The zero-order valence-electron chi connectivity index (χ0n) is 17.9. The number of aromatic nitrogens is 1. The van der Waals surface area contributed by atoms with Crippen molar-refractivity contribution < 1.29 is 22.7 Å². The quantitative estimate of drug-likeness (QED) is 0.479. The molecule has 0 radical (unpaired) electrons. The Hall–Kier alpha value is -2.82. The summed E-state index contributed by atoms with van der Waals surface area (Å²) >= 11 is 1.30. The molecule has 0 fully saturated rings. The Labute approximate surface area is 190 Å². The summed E-state index contributed by atoms with van der Waals surface area (Å²) in [6.07, 6.45) is -0.214. The fraction of sp³-hybridized carbons (Fsp3) is 0.318. The van der Waals surface area contributed by atoms with Crippen LogP contribution in [0.5, 0.6) is 0 Å². The van der Waals surface area contributed by atoms with Crippen LogP contribution in [0.15, 0.2) is 58.4 Å². The van der Waals surface area contributed by atoms with E-state index in [0.717, 1.165) is 10.2 Å². The van der Waals surface area contributed by atoms with E-state index in [2.05, 4.69) is 10.3 Å². The number of carbonyl (C=O) groups is 2. The minimum absolute atomic E-state index is 0.176. The molecule has 0 bridgehead atoms. The second-order valence-electron chi connectivity index (χ2n) is 6.98. The van der Waals surface area contributed by atoms with Gasteiger partial charge in [0.25, 0.3) is 0 Å². The molecule has 2 aromatic carbocycles. The molecule has 0 unspecified atom stereocenters. The lowest BCUT2D eigenvalue weighted by Crippen LogP contribution is -2.20. The van der Waals surface area contributed by atoms with Crippen LogP contribution in [0.4, 0.5) is 5.69 Å². The molecule has 0 saturated heterocycles. The number of amides is 2. The standard InChI is InChI=1S/C22H25N3O5S2/c1-3-30-13-12-25-19-10-9-17(23-16(2)26)15-20(19)31-22(25)24-21(27)11-14-32(28,29)18-7-5-4-6-8-18/h4-10,15H,3,11-14H2,1-2H3,(H,23,26). The van der Waals surface area contributed by atoms with Crippen LogP contribution in [0.25, 0.3) is 10.2 Å². The van der Waals surface area contributed by atoms with Crippen LogP contribution in [0, 0.1) is 0 Å². The van der Waals surface area contributed by atoms with Crippen LogP contribution >= 0.6 is 11.3 Å². The fourth-order valence-corrected chi connectivity index (χ4v) is 5.45. The lowest BCUT2D eigenvalue weighted by molar-refractivity contribution is -0.117. The second-order valence-corrected chi connectivity index (χ2v) is 10.1. The molecular weight excluding hydrogens is 450 g/mol. The van der Waals surface area contributed by atoms with Crippen LogP contribution in [-0.2, 0) is 30.7 Å². The summed E-state index contributed by atoms with van der Waals surface area (Å²) in [7, 11) is -3.56. The summed E-state index contributed by atoms with van der Waals surface area (Å²) in [6, 6.07) is 13.5. The van der Waals surface area contributed by atoms with Gasteiger partial charge in [-0.3, -0.25) is 9.59 Å². The highest BCUT2D eigenvalue weighted by Gasteiger charge is 2.16. The number of hydrogen-bond donors (Lipinski definition) is 1. The number of benzene rings is 2. The third kappa shape index (κ3) is 6.12. The van der Waals surface area contributed by atoms with Crippen molar-refractivity contribution >= 4 is 48.9 Å². The predicted molar refractivity (Wildman–Crippen MR) is 124 cm³/mol. The topological polar surface area (TPSA) is 107 Å². The van der Waals surface area contributed by atoms with E-state index in [-0.39, 0.29) is 23.0 Å². The van der Waals surface area contributed by atoms with E-state index in [1.165, 1.54) is 30.4 Å². The molecular formula is C22H25N3O5S2. The van der Waals surface area contributed by atoms with E-state index in [9.17, 15) is 18.0 Å². The number of sulfone groups is 1. The van der Waals surface area contributed by atoms with E-state index < -0.39 is 15.7 Å². The maximum absolute atomic E-state index is 12.5. The van der Waals surface area contributed by atoms with E-state index in [1.807, 2.05) is 23.6 Å². The fourth-order valence-electron chi connectivity index (χ4n) is 3.09. The van der Waals surface area contributed by atoms with Crippen molar-refractivity contribution in [3.8, 4) is 0 Å². The van der Waals surface area contributed by atoms with Crippen molar-refractivity contribution in [2.24, 2.45) is 4.99 Å². The second kappa shape index (κ2) is 10.7. The van der Waals surface area contributed by atoms with Gasteiger partial charge in [0.15, 0.2) is 14.6 Å². The molecule has 0 spiro atoms. The summed E-state index contributed by atoms with van der Waals surface area (Å²) in [5.41, 5.74) is 1.50. The average Bonchev–Trinajstić information content (AvgIpc) is 3.09. The lowest BCUT2D eigenvalue weighted by Gasteiger charge is -2.06. The van der Waals surface area contributed by atoms with Gasteiger partial charge < -0.3 is 14.6 Å². The number of anilines is 1. The van der Waals surface area contributed by atoms with Crippen molar-refractivity contribution in [3.63, 3.8) is 0 Å². The Kier molecular flexibility index (Phi) is 7.94. The number of fused-ring (bicyclic) bond motifs is 1. The van der Waals surface area contributed by atoms with Gasteiger partial charge >= 0.3 is 0 Å². The van der Waals surface area contributed by atoms with Gasteiger partial charge in [-0.2, -0.15) is 4.99 Å². The lowest BCUT2D eigenvalue weighted by atomic mass is 10.3. The molecule has 32 heavy (non-hydrogen) atoms. The first kappa shape index (κ1) is 23.8. The van der Waals surface area contributed by atoms with Crippen molar-refractivity contribution in [3.05, 3.63) is 53.3 Å². The number of thiazole rings is 1. The predicted octanol–water partition coefficient (Wildman–Crippen LogP) is 2.99. The number of carbonyl (C=O) groups excluding carboxylic acids is 2. The SMILES string of the molecule is CCOCCn1c(=NC(=O)CCS(=O)(=O)c2ccccc2)sc2cc(NC(C)=O)ccc21. The summed E-state index contributed by atoms with van der Waals surface area (Å²) in [5, 5.41) is 2.74. The van der Waals surface area contributed by atoms with E-state index >= 15 is 0 Å². The minimum atomic E-state index is -3.56. The maximum atomic E-state index is 12.5. The number of nitrogens with one attached hydrogen (secondary N) is 1. The first-order valence-electron chi connectivity index (χ1n) is 10.1. The molecule has 0 aliphatic rings. The van der Waals surface area contributed by atoms with E-state index in [1.54, 1.807) is 24.3 Å². The first-order valence-corrected chi connectivity index (χ1v) is 12.6. The van der Waals surface area contributed by atoms with Crippen LogP contribution in [0.3, 0.4) is 0 Å². The Balaban J connectivity index is 1.88. The van der Waals surface area contributed by atoms with Crippen LogP contribution in [0.1, 0.15) is 20.3 Å². The van der Waals surface area contributed by atoms with Gasteiger partial charge in [0.1, 0.15) is 0 Å². The number of ether oxygens (including phenoxy) is 1. The largest absolute Gasteiger partial charge is 0.380 e. The van der Waals surface area contributed by atoms with Crippen LogP contribution in [0.2, 0.25) is 0 Å². The minimum Gasteiger partial charge on any atom is -0.380 e. The van der Waals surface area contributed by atoms with Gasteiger partial charge in [-0.15, -0.1) is 0 Å². The van der Waals surface area contributed by atoms with Gasteiger partial charge in [-0.1, -0.05) is 29.5 Å². The molecule has 1 heterocycles. The summed E-state index contributed by atoms with van der Waals surface area (Å²) in [4.78, 5) is 28.7. The molecule has 0 atom stereocenters. The van der Waals surface area contributed by atoms with E-state index in [0.29, 0.717) is 30.2 Å². The number of hydrogen-bond acceptors (Lipinski definition) is 6. The Morgan fingerprint density at radius 1 is 1.16 bits per heavy atom. The maximum Gasteiger partial charge on any atom is 0.249 e. The molecule has 10 heteroatoms. The average molecular weight is 476 g/mol. The molecule has 0 aliphatic heterocycles. The van der Waals surface area contributed by atoms with Gasteiger partial charge in [0.2, 0.25) is 11.8 Å². The smallest absolute Gasteiger partial charge is 0.249 e. The first-order chi connectivity index (χ1) is 15.3. The number of nitrogens with zero attached hydrogens (tertiary/aromatic N) is 2. The molecule has 1 aromatic heterocycles. The molecule has 0 saturated carbocycles. The normalized spacial score (nSPS) is 12.2. The molecule has 0 aliphatic carbocycles. The van der Waals surface area contributed by atoms with Crippen LogP contribution in [-0.4, -0.2) is 43.8 Å². The zero-order chi connectivity index (χ0) is 23.1. The third-order valence-electron chi connectivity index (χ3n) is 4.57. The van der Waals surface area contributed by atoms with Gasteiger partial charge in [-0.05, 0) is 37.3 Å². The van der Waals surface area contributed by atoms with Crippen molar-refractivity contribution in [1.29, 1.82) is 0 Å². The Bertz CT molecular complexity index is 1280. The Morgan fingerprint density at radius 2 is 1.91 bits per heavy atom. The zero-order valence-corrected chi connectivity index (χ0v) is 19.5. The van der Waals surface area contributed by atoms with Gasteiger partial charge in [0, 0.05) is 32.2 Å². The van der Waals surface area contributed by atoms with Crippen molar-refractivity contribution in [1.82, 2.24) is 4.57 Å². The van der Waals surface area contributed by atoms with Gasteiger partial charge in [0.05, 0.1) is 27.5 Å². The molecule has 2 amide bonds. The number of rotatable bonds is 9. The monoisotopic (exact) mass is 475 g/mol. The van der Waals surface area contributed by atoms with Crippen molar-refractivity contribution in [2.45, 2.75) is 31.7 Å². The van der Waals surface area contributed by atoms with Gasteiger partial charge in [-0.25, -0.2) is 8.42 Å². The van der Waals surface area contributed by atoms with E-state index in [4.69, 9.17) is 4.74 Å².